The first-order valence-corrected chi connectivity index (χ1v) is 8.62. The molecule has 0 spiro atoms. The van der Waals surface area contributed by atoms with Gasteiger partial charge in [-0.05, 0) is 60.2 Å². The summed E-state index contributed by atoms with van der Waals surface area (Å²) in [7, 11) is 0. The topological polar surface area (TPSA) is 60.5 Å². The van der Waals surface area contributed by atoms with Crippen molar-refractivity contribution >= 4 is 5.91 Å². The zero-order chi connectivity index (χ0) is 19.8. The van der Waals surface area contributed by atoms with Crippen LogP contribution in [0.25, 0.3) is 0 Å². The van der Waals surface area contributed by atoms with Gasteiger partial charge in [-0.2, -0.15) is 0 Å². The van der Waals surface area contributed by atoms with Crippen molar-refractivity contribution < 1.29 is 23.0 Å². The Kier molecular flexibility index (Phi) is 6.51. The Morgan fingerprint density at radius 3 is 2.25 bits per heavy atom. The lowest BCUT2D eigenvalue weighted by Crippen LogP contribution is -2.24. The molecule has 0 aliphatic heterocycles. The molecular weight excluding hydrogens is 366 g/mol. The van der Waals surface area contributed by atoms with Crippen LogP contribution in [0.1, 0.15) is 12.0 Å². The van der Waals surface area contributed by atoms with Crippen LogP contribution in [0.4, 0.5) is 8.78 Å². The number of nitrogens with zero attached hydrogens (tertiary/aromatic N) is 1. The average molecular weight is 384 g/mol. The lowest BCUT2D eigenvalue weighted by atomic mass is 10.2. The zero-order valence-corrected chi connectivity index (χ0v) is 14.9. The summed E-state index contributed by atoms with van der Waals surface area (Å²) in [6, 6.07) is 14.7. The van der Waals surface area contributed by atoms with Crippen LogP contribution < -0.4 is 14.8 Å². The van der Waals surface area contributed by atoms with E-state index in [4.69, 9.17) is 9.47 Å². The number of carbonyl (C=O) groups is 1. The first kappa shape index (κ1) is 19.3. The van der Waals surface area contributed by atoms with E-state index in [1.165, 1.54) is 48.5 Å². The van der Waals surface area contributed by atoms with Gasteiger partial charge in [0.15, 0.2) is 0 Å². The molecule has 3 rings (SSSR count). The number of benzene rings is 2. The maximum Gasteiger partial charge on any atom is 0.223 e. The molecule has 0 radical (unpaired) electrons. The molecular formula is C21H18F2N2O3. The lowest BCUT2D eigenvalue weighted by molar-refractivity contribution is -0.121. The predicted octanol–water partition coefficient (Wildman–Crippen LogP) is 4.24. The van der Waals surface area contributed by atoms with E-state index >= 15 is 0 Å². The molecule has 0 saturated carbocycles. The molecule has 1 amide bonds. The van der Waals surface area contributed by atoms with Gasteiger partial charge in [-0.1, -0.05) is 0 Å². The first-order valence-electron chi connectivity index (χ1n) is 8.62. The number of nitrogens with one attached hydrogen (secondary N) is 1. The number of carbonyl (C=O) groups excluding carboxylic acids is 1. The Morgan fingerprint density at radius 2 is 1.57 bits per heavy atom. The highest BCUT2D eigenvalue weighted by molar-refractivity contribution is 5.76. The van der Waals surface area contributed by atoms with Crippen LogP contribution in [0.3, 0.4) is 0 Å². The molecule has 1 heterocycles. The highest BCUT2D eigenvalue weighted by Gasteiger charge is 2.05. The molecule has 0 fully saturated rings. The van der Waals surface area contributed by atoms with Crippen LogP contribution in [0.5, 0.6) is 17.4 Å². The average Bonchev–Trinajstić information content (AvgIpc) is 2.70. The zero-order valence-electron chi connectivity index (χ0n) is 14.9. The second kappa shape index (κ2) is 9.45. The molecule has 0 unspecified atom stereocenters. The Hall–Kier alpha value is -3.48. The largest absolute Gasteiger partial charge is 0.493 e. The number of hydrogen-bond acceptors (Lipinski definition) is 4. The van der Waals surface area contributed by atoms with Gasteiger partial charge in [0.25, 0.3) is 0 Å². The second-order valence-corrected chi connectivity index (χ2v) is 5.89. The van der Waals surface area contributed by atoms with E-state index < -0.39 is 0 Å². The minimum Gasteiger partial charge on any atom is -0.493 e. The molecule has 7 heteroatoms. The van der Waals surface area contributed by atoms with E-state index in [9.17, 15) is 13.6 Å². The normalized spacial score (nSPS) is 10.4. The number of aromatic nitrogens is 1. The maximum absolute atomic E-state index is 12.9. The summed E-state index contributed by atoms with van der Waals surface area (Å²) in [6.07, 6.45) is 1.74. The summed E-state index contributed by atoms with van der Waals surface area (Å²) < 4.78 is 36.7. The van der Waals surface area contributed by atoms with Crippen LogP contribution in [0.15, 0.2) is 66.9 Å². The third-order valence-corrected chi connectivity index (χ3v) is 3.74. The SMILES string of the molecule is O=C(CCOc1ccc(F)cc1)NCc1ccnc(Oc2ccc(F)cc2)c1. The predicted molar refractivity (Wildman–Crippen MR) is 99.1 cm³/mol. The van der Waals surface area contributed by atoms with Gasteiger partial charge in [-0.15, -0.1) is 0 Å². The number of pyridine rings is 1. The van der Waals surface area contributed by atoms with Crippen molar-refractivity contribution in [3.8, 4) is 17.4 Å². The van der Waals surface area contributed by atoms with Crippen molar-refractivity contribution in [1.82, 2.24) is 10.3 Å². The van der Waals surface area contributed by atoms with Crippen molar-refractivity contribution in [3.05, 3.63) is 84.1 Å². The number of amides is 1. The van der Waals surface area contributed by atoms with Crippen molar-refractivity contribution in [2.24, 2.45) is 0 Å². The Balaban J connectivity index is 1.44. The molecule has 0 saturated heterocycles. The Labute approximate surface area is 160 Å². The van der Waals surface area contributed by atoms with E-state index in [1.54, 1.807) is 18.3 Å². The van der Waals surface area contributed by atoms with Gasteiger partial charge in [0.2, 0.25) is 11.8 Å². The molecule has 5 nitrogen and oxygen atoms in total. The minimum absolute atomic E-state index is 0.168. The third kappa shape index (κ3) is 6.05. The summed E-state index contributed by atoms with van der Waals surface area (Å²) in [4.78, 5) is 16.0. The smallest absolute Gasteiger partial charge is 0.223 e. The number of ether oxygens (including phenoxy) is 2. The van der Waals surface area contributed by atoms with Gasteiger partial charge in [-0.25, -0.2) is 13.8 Å². The van der Waals surface area contributed by atoms with Crippen LogP contribution in [0, 0.1) is 11.6 Å². The van der Waals surface area contributed by atoms with E-state index in [0.29, 0.717) is 23.9 Å². The van der Waals surface area contributed by atoms with E-state index in [2.05, 4.69) is 10.3 Å². The summed E-state index contributed by atoms with van der Waals surface area (Å²) in [5.74, 6) is 0.447. The quantitative estimate of drug-likeness (QED) is 0.631. The van der Waals surface area contributed by atoms with Gasteiger partial charge in [0, 0.05) is 18.8 Å². The highest BCUT2D eigenvalue weighted by Crippen LogP contribution is 2.20. The summed E-state index contributed by atoms with van der Waals surface area (Å²) in [6.45, 7) is 0.490. The molecule has 0 bridgehead atoms. The standard InChI is InChI=1S/C21H18F2N2O3/c22-16-1-5-18(6-2-16)27-12-10-20(26)25-14-15-9-11-24-21(13-15)28-19-7-3-17(23)4-8-19/h1-9,11,13H,10,12,14H2,(H,25,26). The first-order chi connectivity index (χ1) is 13.6. The van der Waals surface area contributed by atoms with Crippen LogP contribution in [0.2, 0.25) is 0 Å². The van der Waals surface area contributed by atoms with Crippen LogP contribution in [-0.4, -0.2) is 17.5 Å². The molecule has 3 aromatic rings. The van der Waals surface area contributed by atoms with Crippen molar-refractivity contribution in [3.63, 3.8) is 0 Å². The molecule has 0 aliphatic carbocycles. The van der Waals surface area contributed by atoms with Crippen molar-refractivity contribution in [1.29, 1.82) is 0 Å². The molecule has 1 N–H and O–H groups in total. The third-order valence-electron chi connectivity index (χ3n) is 3.74. The fourth-order valence-corrected chi connectivity index (χ4v) is 2.32. The second-order valence-electron chi connectivity index (χ2n) is 5.89. The van der Waals surface area contributed by atoms with Crippen molar-refractivity contribution in [2.45, 2.75) is 13.0 Å². The number of rotatable bonds is 8. The number of halogens is 2. The maximum atomic E-state index is 12.9. The molecule has 28 heavy (non-hydrogen) atoms. The fourth-order valence-electron chi connectivity index (χ4n) is 2.32. The minimum atomic E-state index is -0.347. The van der Waals surface area contributed by atoms with Crippen LogP contribution >= 0.6 is 0 Å². The fraction of sp³-hybridized carbons (Fsp3) is 0.143. The Bertz CT molecular complexity index is 916. The van der Waals surface area contributed by atoms with Crippen LogP contribution in [-0.2, 0) is 11.3 Å². The summed E-state index contributed by atoms with van der Waals surface area (Å²) in [5, 5.41) is 2.78. The molecule has 1 aromatic heterocycles. The van der Waals surface area contributed by atoms with Gasteiger partial charge in [0.05, 0.1) is 13.0 Å². The van der Waals surface area contributed by atoms with E-state index in [1.807, 2.05) is 0 Å². The summed E-state index contributed by atoms with van der Waals surface area (Å²) >= 11 is 0. The monoisotopic (exact) mass is 384 g/mol. The highest BCUT2D eigenvalue weighted by atomic mass is 19.1. The van der Waals surface area contributed by atoms with Gasteiger partial charge in [0.1, 0.15) is 23.1 Å². The molecule has 0 aliphatic rings. The lowest BCUT2D eigenvalue weighted by Gasteiger charge is -2.09. The number of hydrogen-bond donors (Lipinski definition) is 1. The van der Waals surface area contributed by atoms with Gasteiger partial charge < -0.3 is 14.8 Å². The van der Waals surface area contributed by atoms with E-state index in [0.717, 1.165) is 5.56 Å². The molecule has 0 atom stereocenters. The molecule has 2 aromatic carbocycles. The molecule has 144 valence electrons. The van der Waals surface area contributed by atoms with Crippen molar-refractivity contribution in [2.75, 3.05) is 6.61 Å². The Morgan fingerprint density at radius 1 is 0.929 bits per heavy atom. The summed E-state index contributed by atoms with van der Waals surface area (Å²) in [5.41, 5.74) is 0.805. The van der Waals surface area contributed by atoms with E-state index in [-0.39, 0.29) is 30.6 Å². The van der Waals surface area contributed by atoms with Gasteiger partial charge >= 0.3 is 0 Å². The van der Waals surface area contributed by atoms with Gasteiger partial charge in [-0.3, -0.25) is 4.79 Å².